The minimum Gasteiger partial charge on any atom is -0.453 e. The van der Waals surface area contributed by atoms with E-state index in [1.165, 1.54) is 19.2 Å². The molecule has 92 valence electrons. The zero-order valence-electron chi connectivity index (χ0n) is 9.60. The number of nitrogens with two attached hydrogens (primary N) is 1. The second-order valence-electron chi connectivity index (χ2n) is 4.20. The molecule has 1 saturated heterocycles. The molecule has 0 aromatic heterocycles. The van der Waals surface area contributed by atoms with Crippen molar-refractivity contribution in [2.45, 2.75) is 12.0 Å². The van der Waals surface area contributed by atoms with Crippen LogP contribution in [0.15, 0.2) is 24.3 Å². The summed E-state index contributed by atoms with van der Waals surface area (Å²) in [6, 6.07) is 6.09. The Morgan fingerprint density at radius 1 is 1.41 bits per heavy atom. The molecule has 1 aliphatic rings. The average Bonchev–Trinajstić information content (AvgIpc) is 2.71. The summed E-state index contributed by atoms with van der Waals surface area (Å²) in [5.41, 5.74) is 6.94. The molecule has 0 radical (unpaired) electrons. The Morgan fingerprint density at radius 2 is 2.06 bits per heavy atom. The van der Waals surface area contributed by atoms with Gasteiger partial charge in [0.15, 0.2) is 0 Å². The van der Waals surface area contributed by atoms with E-state index in [-0.39, 0.29) is 23.9 Å². The van der Waals surface area contributed by atoms with Crippen LogP contribution in [0.3, 0.4) is 0 Å². The monoisotopic (exact) mass is 238 g/mol. The van der Waals surface area contributed by atoms with E-state index >= 15 is 0 Å². The number of carbonyl (C=O) groups excluding carboxylic acids is 1. The fraction of sp³-hybridized carbons (Fsp3) is 0.417. The van der Waals surface area contributed by atoms with Gasteiger partial charge < -0.3 is 15.4 Å². The summed E-state index contributed by atoms with van der Waals surface area (Å²) in [5.74, 6) is -0.236. The molecule has 1 amide bonds. The Balaban J connectivity index is 2.12. The first-order valence-electron chi connectivity index (χ1n) is 5.45. The second-order valence-corrected chi connectivity index (χ2v) is 4.20. The highest BCUT2D eigenvalue weighted by molar-refractivity contribution is 5.68. The zero-order valence-corrected chi connectivity index (χ0v) is 9.60. The predicted octanol–water partition coefficient (Wildman–Crippen LogP) is 1.32. The molecule has 0 bridgehead atoms. The van der Waals surface area contributed by atoms with Gasteiger partial charge in [0.25, 0.3) is 0 Å². The summed E-state index contributed by atoms with van der Waals surface area (Å²) in [4.78, 5) is 12.9. The van der Waals surface area contributed by atoms with Crippen LogP contribution in [0.25, 0.3) is 0 Å². The highest BCUT2D eigenvalue weighted by Gasteiger charge is 2.34. The SMILES string of the molecule is COC(=O)N1CC(N)C(c2ccc(F)cc2)C1. The molecule has 2 atom stereocenters. The molecule has 0 saturated carbocycles. The zero-order chi connectivity index (χ0) is 12.4. The predicted molar refractivity (Wildman–Crippen MR) is 61.1 cm³/mol. The summed E-state index contributed by atoms with van der Waals surface area (Å²) >= 11 is 0. The molecular weight excluding hydrogens is 223 g/mol. The lowest BCUT2D eigenvalue weighted by Crippen LogP contribution is -2.32. The minimum absolute atomic E-state index is 0.0368. The van der Waals surface area contributed by atoms with Gasteiger partial charge >= 0.3 is 6.09 Å². The maximum Gasteiger partial charge on any atom is 0.409 e. The van der Waals surface area contributed by atoms with Gasteiger partial charge in [-0.05, 0) is 17.7 Å². The molecule has 1 aromatic rings. The maximum atomic E-state index is 12.8. The Labute approximate surface area is 99.2 Å². The molecule has 2 N–H and O–H groups in total. The number of hydrogen-bond acceptors (Lipinski definition) is 3. The van der Waals surface area contributed by atoms with Crippen LogP contribution < -0.4 is 5.73 Å². The first-order valence-corrected chi connectivity index (χ1v) is 5.45. The van der Waals surface area contributed by atoms with Gasteiger partial charge in [-0.1, -0.05) is 12.1 Å². The number of amides is 1. The van der Waals surface area contributed by atoms with E-state index in [2.05, 4.69) is 4.74 Å². The van der Waals surface area contributed by atoms with Crippen LogP contribution >= 0.6 is 0 Å². The van der Waals surface area contributed by atoms with Gasteiger partial charge in [-0.2, -0.15) is 0 Å². The van der Waals surface area contributed by atoms with Crippen molar-refractivity contribution in [3.8, 4) is 0 Å². The fourth-order valence-corrected chi connectivity index (χ4v) is 2.17. The summed E-state index contributed by atoms with van der Waals surface area (Å²) in [6.07, 6.45) is -0.370. The molecule has 2 rings (SSSR count). The molecular formula is C12H15FN2O2. The third-order valence-electron chi connectivity index (χ3n) is 3.10. The lowest BCUT2D eigenvalue weighted by molar-refractivity contribution is 0.132. The van der Waals surface area contributed by atoms with Crippen LogP contribution in [0.1, 0.15) is 11.5 Å². The van der Waals surface area contributed by atoms with Crippen molar-refractivity contribution in [2.24, 2.45) is 5.73 Å². The summed E-state index contributed by atoms with van der Waals surface area (Å²) in [7, 11) is 1.35. The van der Waals surface area contributed by atoms with Crippen LogP contribution in [0.5, 0.6) is 0 Å². The Kier molecular flexibility index (Phi) is 3.28. The molecule has 5 heteroatoms. The molecule has 2 unspecified atom stereocenters. The van der Waals surface area contributed by atoms with Gasteiger partial charge in [0.1, 0.15) is 5.82 Å². The van der Waals surface area contributed by atoms with Crippen molar-refractivity contribution in [3.63, 3.8) is 0 Å². The maximum absolute atomic E-state index is 12.8. The number of benzene rings is 1. The first-order chi connectivity index (χ1) is 8.11. The highest BCUT2D eigenvalue weighted by atomic mass is 19.1. The third kappa shape index (κ3) is 2.39. The van der Waals surface area contributed by atoms with Gasteiger partial charge in [-0.15, -0.1) is 0 Å². The van der Waals surface area contributed by atoms with Crippen molar-refractivity contribution < 1.29 is 13.9 Å². The molecule has 1 heterocycles. The topological polar surface area (TPSA) is 55.6 Å². The van der Waals surface area contributed by atoms with Gasteiger partial charge in [0.2, 0.25) is 0 Å². The molecule has 0 aliphatic carbocycles. The summed E-state index contributed by atoms with van der Waals surface area (Å²) in [5, 5.41) is 0. The second kappa shape index (κ2) is 4.71. The number of likely N-dealkylation sites (tertiary alicyclic amines) is 1. The van der Waals surface area contributed by atoms with Crippen LogP contribution in [-0.2, 0) is 4.74 Å². The van der Waals surface area contributed by atoms with E-state index in [1.807, 2.05) is 0 Å². The van der Waals surface area contributed by atoms with Crippen molar-refractivity contribution in [2.75, 3.05) is 20.2 Å². The first kappa shape index (κ1) is 11.9. The van der Waals surface area contributed by atoms with Crippen LogP contribution in [0, 0.1) is 5.82 Å². The standard InChI is InChI=1S/C12H15FN2O2/c1-17-12(16)15-6-10(11(14)7-15)8-2-4-9(13)5-3-8/h2-5,10-11H,6-7,14H2,1H3. The molecule has 17 heavy (non-hydrogen) atoms. The van der Waals surface area contributed by atoms with E-state index in [1.54, 1.807) is 17.0 Å². The highest BCUT2D eigenvalue weighted by Crippen LogP contribution is 2.26. The largest absolute Gasteiger partial charge is 0.453 e. The fourth-order valence-electron chi connectivity index (χ4n) is 2.17. The normalized spacial score (nSPS) is 23.8. The number of methoxy groups -OCH3 is 1. The van der Waals surface area contributed by atoms with E-state index in [0.29, 0.717) is 13.1 Å². The lowest BCUT2D eigenvalue weighted by Gasteiger charge is -2.14. The number of rotatable bonds is 1. The number of halogens is 1. The van der Waals surface area contributed by atoms with Gasteiger partial charge in [-0.25, -0.2) is 9.18 Å². The lowest BCUT2D eigenvalue weighted by atomic mass is 9.95. The third-order valence-corrected chi connectivity index (χ3v) is 3.10. The molecule has 4 nitrogen and oxygen atoms in total. The summed E-state index contributed by atoms with van der Waals surface area (Å²) < 4.78 is 17.5. The van der Waals surface area contributed by atoms with Gasteiger partial charge in [-0.3, -0.25) is 0 Å². The van der Waals surface area contributed by atoms with E-state index in [9.17, 15) is 9.18 Å². The number of nitrogens with zero attached hydrogens (tertiary/aromatic N) is 1. The van der Waals surface area contributed by atoms with Crippen LogP contribution in [0.4, 0.5) is 9.18 Å². The Morgan fingerprint density at radius 3 is 2.65 bits per heavy atom. The number of carbonyl (C=O) groups is 1. The quantitative estimate of drug-likeness (QED) is 0.802. The van der Waals surface area contributed by atoms with E-state index < -0.39 is 0 Å². The summed E-state index contributed by atoms with van der Waals surface area (Å²) in [6.45, 7) is 0.980. The van der Waals surface area contributed by atoms with Crippen LogP contribution in [-0.4, -0.2) is 37.2 Å². The van der Waals surface area contributed by atoms with E-state index in [0.717, 1.165) is 5.56 Å². The minimum atomic E-state index is -0.370. The van der Waals surface area contributed by atoms with Crippen molar-refractivity contribution in [1.82, 2.24) is 4.90 Å². The van der Waals surface area contributed by atoms with Crippen molar-refractivity contribution >= 4 is 6.09 Å². The van der Waals surface area contributed by atoms with Gasteiger partial charge in [0, 0.05) is 25.0 Å². The molecule has 1 fully saturated rings. The average molecular weight is 238 g/mol. The molecule has 1 aromatic carbocycles. The Hall–Kier alpha value is -1.62. The van der Waals surface area contributed by atoms with E-state index in [4.69, 9.17) is 5.73 Å². The van der Waals surface area contributed by atoms with Crippen molar-refractivity contribution in [1.29, 1.82) is 0 Å². The smallest absolute Gasteiger partial charge is 0.409 e. The number of ether oxygens (including phenoxy) is 1. The molecule has 1 aliphatic heterocycles. The Bertz CT molecular complexity index is 407. The van der Waals surface area contributed by atoms with Crippen molar-refractivity contribution in [3.05, 3.63) is 35.6 Å². The van der Waals surface area contributed by atoms with Gasteiger partial charge in [0.05, 0.1) is 7.11 Å². The van der Waals surface area contributed by atoms with Crippen LogP contribution in [0.2, 0.25) is 0 Å². The number of hydrogen-bond donors (Lipinski definition) is 1. The molecule has 0 spiro atoms.